The first-order valence-electron chi connectivity index (χ1n) is 9.60. The molecule has 1 N–H and O–H groups in total. The second kappa shape index (κ2) is 7.97. The van der Waals surface area contributed by atoms with Crippen molar-refractivity contribution in [1.82, 2.24) is 5.32 Å². The molecule has 0 bridgehead atoms. The van der Waals surface area contributed by atoms with Crippen molar-refractivity contribution < 1.29 is 18.1 Å². The van der Waals surface area contributed by atoms with Gasteiger partial charge in [0.25, 0.3) is 5.91 Å². The van der Waals surface area contributed by atoms with Crippen molar-refractivity contribution >= 4 is 5.91 Å². The molecule has 4 rings (SSSR count). The smallest absolute Gasteiger partial charge is 0.290 e. The number of benzene rings is 2. The predicted molar refractivity (Wildman–Crippen MR) is 106 cm³/mol. The predicted octanol–water partition coefficient (Wildman–Crippen LogP) is 3.48. The van der Waals surface area contributed by atoms with Crippen molar-refractivity contribution in [3.63, 3.8) is 0 Å². The SMILES string of the molecule is N#CC1(C#N)C(c2ccc(F)cc2)NC(=O)C([n+]2ccccc2)C1c1ccc(F)cc1. The van der Waals surface area contributed by atoms with E-state index < -0.39 is 41.0 Å². The van der Waals surface area contributed by atoms with E-state index in [2.05, 4.69) is 17.5 Å². The van der Waals surface area contributed by atoms with E-state index in [4.69, 9.17) is 0 Å². The van der Waals surface area contributed by atoms with Gasteiger partial charge in [-0.1, -0.05) is 30.3 Å². The summed E-state index contributed by atoms with van der Waals surface area (Å²) in [4.78, 5) is 13.3. The van der Waals surface area contributed by atoms with Gasteiger partial charge >= 0.3 is 0 Å². The zero-order chi connectivity index (χ0) is 22.0. The maximum absolute atomic E-state index is 13.6. The fraction of sp³-hybridized carbons (Fsp3) is 0.167. The lowest BCUT2D eigenvalue weighted by Gasteiger charge is -2.42. The number of halogens is 2. The number of nitriles is 2. The van der Waals surface area contributed by atoms with Crippen LogP contribution in [0, 0.1) is 39.7 Å². The maximum Gasteiger partial charge on any atom is 0.290 e. The van der Waals surface area contributed by atoms with Gasteiger partial charge in [-0.2, -0.15) is 15.1 Å². The summed E-state index contributed by atoms with van der Waals surface area (Å²) in [6.45, 7) is 0. The Morgan fingerprint density at radius 3 is 1.87 bits per heavy atom. The molecule has 152 valence electrons. The highest BCUT2D eigenvalue weighted by Crippen LogP contribution is 2.52. The fourth-order valence-corrected chi connectivity index (χ4v) is 4.24. The molecule has 3 aromatic rings. The van der Waals surface area contributed by atoms with Crippen LogP contribution in [0.1, 0.15) is 29.1 Å². The van der Waals surface area contributed by atoms with Crippen LogP contribution in [0.3, 0.4) is 0 Å². The third-order valence-electron chi connectivity index (χ3n) is 5.68. The van der Waals surface area contributed by atoms with Gasteiger partial charge in [0.1, 0.15) is 11.6 Å². The molecule has 3 atom stereocenters. The van der Waals surface area contributed by atoms with Gasteiger partial charge in [-0.3, -0.25) is 4.79 Å². The van der Waals surface area contributed by atoms with Crippen LogP contribution in [-0.4, -0.2) is 5.91 Å². The lowest BCUT2D eigenvalue weighted by molar-refractivity contribution is -0.714. The second-order valence-electron chi connectivity index (χ2n) is 7.38. The Labute approximate surface area is 177 Å². The number of rotatable bonds is 3. The molecule has 0 aliphatic carbocycles. The van der Waals surface area contributed by atoms with E-state index in [1.165, 1.54) is 48.5 Å². The fourth-order valence-electron chi connectivity index (χ4n) is 4.24. The van der Waals surface area contributed by atoms with Gasteiger partial charge in [-0.15, -0.1) is 0 Å². The van der Waals surface area contributed by atoms with Crippen molar-refractivity contribution in [2.45, 2.75) is 18.0 Å². The van der Waals surface area contributed by atoms with Crippen molar-refractivity contribution in [2.75, 3.05) is 0 Å². The molecule has 31 heavy (non-hydrogen) atoms. The van der Waals surface area contributed by atoms with Crippen molar-refractivity contribution in [3.8, 4) is 12.1 Å². The summed E-state index contributed by atoms with van der Waals surface area (Å²) in [5, 5.41) is 23.4. The van der Waals surface area contributed by atoms with E-state index in [1.807, 2.05) is 0 Å². The Hall–Kier alpha value is -4.10. The monoisotopic (exact) mass is 415 g/mol. The van der Waals surface area contributed by atoms with Crippen LogP contribution in [0.4, 0.5) is 8.78 Å². The standard InChI is InChI=1S/C24H16F2N4O/c25-18-8-4-16(5-9-18)20-21(30-12-2-1-3-13-30)23(31)29-22(24(20,14-27)15-28)17-6-10-19(26)11-7-17/h1-13,20-22H/p+1. The minimum atomic E-state index is -1.74. The number of pyridine rings is 1. The third-order valence-corrected chi connectivity index (χ3v) is 5.68. The molecule has 1 amide bonds. The van der Waals surface area contributed by atoms with Gasteiger partial charge in [0, 0.05) is 12.1 Å². The first kappa shape index (κ1) is 20.2. The Morgan fingerprint density at radius 2 is 1.35 bits per heavy atom. The molecule has 1 saturated heterocycles. The van der Waals surface area contributed by atoms with Gasteiger partial charge in [-0.25, -0.2) is 8.78 Å². The van der Waals surface area contributed by atoms with E-state index >= 15 is 0 Å². The summed E-state index contributed by atoms with van der Waals surface area (Å²) < 4.78 is 28.8. The maximum atomic E-state index is 13.6. The van der Waals surface area contributed by atoms with Crippen LogP contribution in [-0.2, 0) is 4.79 Å². The molecule has 1 fully saturated rings. The minimum Gasteiger partial charge on any atom is -0.341 e. The molecule has 1 aromatic heterocycles. The van der Waals surface area contributed by atoms with Gasteiger partial charge in [-0.05, 0) is 35.4 Å². The second-order valence-corrected chi connectivity index (χ2v) is 7.38. The van der Waals surface area contributed by atoms with Gasteiger partial charge in [0.15, 0.2) is 17.8 Å². The molecule has 7 heteroatoms. The average molecular weight is 415 g/mol. The quantitative estimate of drug-likeness (QED) is 0.665. The molecular formula is C24H17F2N4O+. The number of amides is 1. The van der Waals surface area contributed by atoms with Gasteiger partial charge in [0.05, 0.1) is 24.1 Å². The topological polar surface area (TPSA) is 80.6 Å². The van der Waals surface area contributed by atoms with Gasteiger partial charge < -0.3 is 5.32 Å². The first-order valence-corrected chi connectivity index (χ1v) is 9.60. The number of piperidine rings is 1. The first-order chi connectivity index (χ1) is 15.0. The number of aromatic nitrogens is 1. The van der Waals surface area contributed by atoms with E-state index in [1.54, 1.807) is 35.2 Å². The molecule has 1 aliphatic rings. The number of hydrogen-bond acceptors (Lipinski definition) is 3. The highest BCUT2D eigenvalue weighted by molar-refractivity contribution is 5.82. The van der Waals surface area contributed by atoms with Crippen LogP contribution >= 0.6 is 0 Å². The number of carbonyl (C=O) groups excluding carboxylic acids is 1. The molecule has 0 spiro atoms. The summed E-state index contributed by atoms with van der Waals surface area (Å²) >= 11 is 0. The van der Waals surface area contributed by atoms with Crippen LogP contribution in [0.15, 0.2) is 79.1 Å². The molecule has 3 unspecified atom stereocenters. The van der Waals surface area contributed by atoms with Crippen LogP contribution < -0.4 is 9.88 Å². The Balaban J connectivity index is 1.96. The van der Waals surface area contributed by atoms with Crippen LogP contribution in [0.25, 0.3) is 0 Å². The molecule has 0 saturated carbocycles. The normalized spacial score (nSPS) is 22.1. The molecule has 2 heterocycles. The molecular weight excluding hydrogens is 398 g/mol. The summed E-state index contributed by atoms with van der Waals surface area (Å²) in [7, 11) is 0. The largest absolute Gasteiger partial charge is 0.341 e. The lowest BCUT2D eigenvalue weighted by atomic mass is 9.62. The van der Waals surface area contributed by atoms with E-state index in [0.717, 1.165) is 0 Å². The lowest BCUT2D eigenvalue weighted by Crippen LogP contribution is -2.61. The zero-order valence-electron chi connectivity index (χ0n) is 16.2. The average Bonchev–Trinajstić information content (AvgIpc) is 2.80. The third kappa shape index (κ3) is 3.41. The van der Waals surface area contributed by atoms with Crippen molar-refractivity contribution in [3.05, 3.63) is 102 Å². The minimum absolute atomic E-state index is 0.402. The van der Waals surface area contributed by atoms with Crippen molar-refractivity contribution in [1.29, 1.82) is 10.5 Å². The Morgan fingerprint density at radius 1 is 0.839 bits per heavy atom. The van der Waals surface area contributed by atoms with E-state index in [-0.39, 0.29) is 0 Å². The summed E-state index contributed by atoms with van der Waals surface area (Å²) in [6, 6.07) is 18.4. The van der Waals surface area contributed by atoms with E-state index in [0.29, 0.717) is 11.1 Å². The molecule has 1 aliphatic heterocycles. The molecule has 5 nitrogen and oxygen atoms in total. The Kier molecular flexibility index (Phi) is 5.19. The highest BCUT2D eigenvalue weighted by Gasteiger charge is 2.61. The Bertz CT molecular complexity index is 1170. The number of nitrogens with zero attached hydrogens (tertiary/aromatic N) is 3. The van der Waals surface area contributed by atoms with Gasteiger partial charge in [0.2, 0.25) is 6.04 Å². The number of carbonyl (C=O) groups is 1. The highest BCUT2D eigenvalue weighted by atomic mass is 19.1. The number of nitrogens with one attached hydrogen (secondary N) is 1. The zero-order valence-corrected chi connectivity index (χ0v) is 16.2. The summed E-state index contributed by atoms with van der Waals surface area (Å²) in [5.74, 6) is -2.26. The van der Waals surface area contributed by atoms with Crippen LogP contribution in [0.2, 0.25) is 0 Å². The van der Waals surface area contributed by atoms with Crippen LogP contribution in [0.5, 0.6) is 0 Å². The van der Waals surface area contributed by atoms with Crippen molar-refractivity contribution in [2.24, 2.45) is 5.41 Å². The number of hydrogen-bond donors (Lipinski definition) is 1. The summed E-state index contributed by atoms with van der Waals surface area (Å²) in [5.41, 5.74) is -0.828. The molecule has 0 radical (unpaired) electrons. The molecule has 2 aromatic carbocycles. The summed E-state index contributed by atoms with van der Waals surface area (Å²) in [6.07, 6.45) is 3.36. The van der Waals surface area contributed by atoms with E-state index in [9.17, 15) is 24.1 Å².